The van der Waals surface area contributed by atoms with Crippen LogP contribution < -0.4 is 0 Å². The molecule has 0 amide bonds. The van der Waals surface area contributed by atoms with E-state index in [-0.39, 0.29) is 11.4 Å². The lowest BCUT2D eigenvalue weighted by atomic mass is 10.1. The van der Waals surface area contributed by atoms with Crippen LogP contribution in [0.3, 0.4) is 0 Å². The zero-order valence-electron chi connectivity index (χ0n) is 13.3. The molecule has 1 aromatic carbocycles. The van der Waals surface area contributed by atoms with Crippen LogP contribution in [0.25, 0.3) is 0 Å². The summed E-state index contributed by atoms with van der Waals surface area (Å²) in [5.74, 6) is 0. The third-order valence-electron chi connectivity index (χ3n) is 3.21. The maximum Gasteiger partial charge on any atom is 0.244 e. The van der Waals surface area contributed by atoms with E-state index in [1.807, 2.05) is 20.8 Å². The topological polar surface area (TPSA) is 54.5 Å². The number of carbonyl (C=O) groups excluding carboxylic acids is 1. The number of sulfonamides is 1. The molecule has 0 spiro atoms. The molecule has 0 atom stereocenters. The molecule has 21 heavy (non-hydrogen) atoms. The second-order valence-electron chi connectivity index (χ2n) is 5.90. The third kappa shape index (κ3) is 4.25. The molecule has 1 rings (SSSR count). The molecule has 0 saturated heterocycles. The van der Waals surface area contributed by atoms with Crippen molar-refractivity contribution in [3.05, 3.63) is 41.5 Å². The summed E-state index contributed by atoms with van der Waals surface area (Å²) in [7, 11) is -3.73. The van der Waals surface area contributed by atoms with Gasteiger partial charge in [-0.15, -0.1) is 0 Å². The summed E-state index contributed by atoms with van der Waals surface area (Å²) < 4.78 is 26.8. The molecule has 4 nitrogen and oxygen atoms in total. The number of nitrogens with zero attached hydrogens (tertiary/aromatic N) is 1. The number of allylic oxidation sites excluding steroid dienone is 1. The lowest BCUT2D eigenvalue weighted by Crippen LogP contribution is -2.48. The quantitative estimate of drug-likeness (QED) is 0.600. The first kappa shape index (κ1) is 17.6. The van der Waals surface area contributed by atoms with E-state index in [2.05, 4.69) is 0 Å². The molecule has 116 valence electrons. The lowest BCUT2D eigenvalue weighted by molar-refractivity contribution is -0.114. The van der Waals surface area contributed by atoms with Gasteiger partial charge in [0.05, 0.1) is 10.4 Å². The number of hydrogen-bond donors (Lipinski definition) is 0. The van der Waals surface area contributed by atoms with Gasteiger partial charge in [0, 0.05) is 6.54 Å². The molecule has 5 heteroatoms. The Morgan fingerprint density at radius 2 is 1.71 bits per heavy atom. The second-order valence-corrected chi connectivity index (χ2v) is 7.76. The van der Waals surface area contributed by atoms with E-state index < -0.39 is 15.6 Å². The van der Waals surface area contributed by atoms with Crippen LogP contribution in [0.4, 0.5) is 0 Å². The third-order valence-corrected chi connectivity index (χ3v) is 5.27. The van der Waals surface area contributed by atoms with Crippen LogP contribution in [0, 0.1) is 6.92 Å². The van der Waals surface area contributed by atoms with Crippen LogP contribution in [-0.4, -0.2) is 31.1 Å². The summed E-state index contributed by atoms with van der Waals surface area (Å²) in [4.78, 5) is 11.5. The van der Waals surface area contributed by atoms with Gasteiger partial charge in [-0.25, -0.2) is 8.42 Å². The van der Waals surface area contributed by atoms with Crippen LogP contribution in [0.5, 0.6) is 0 Å². The summed E-state index contributed by atoms with van der Waals surface area (Å²) in [5, 5.41) is 0. The first-order valence-electron chi connectivity index (χ1n) is 6.80. The summed E-state index contributed by atoms with van der Waals surface area (Å²) in [6.07, 6.45) is 2.47. The molecule has 1 aromatic rings. The molecule has 0 N–H and O–H groups in total. The van der Waals surface area contributed by atoms with Gasteiger partial charge in [-0.3, -0.25) is 0 Å². The van der Waals surface area contributed by atoms with Gasteiger partial charge in [0.15, 0.2) is 0 Å². The molecule has 0 unspecified atom stereocenters. The number of benzene rings is 1. The Hall–Kier alpha value is -1.46. The fourth-order valence-corrected chi connectivity index (χ4v) is 3.47. The molecule has 0 aliphatic rings. The minimum Gasteiger partial charge on any atom is -0.301 e. The zero-order chi connectivity index (χ0) is 16.3. The van der Waals surface area contributed by atoms with E-state index in [1.165, 1.54) is 4.31 Å². The number of hydrogen-bond acceptors (Lipinski definition) is 3. The first-order valence-corrected chi connectivity index (χ1v) is 8.24. The van der Waals surface area contributed by atoms with Crippen molar-refractivity contribution < 1.29 is 13.2 Å². The van der Waals surface area contributed by atoms with Crippen LogP contribution in [0.15, 0.2) is 40.8 Å². The maximum absolute atomic E-state index is 12.8. The van der Waals surface area contributed by atoms with Crippen molar-refractivity contribution in [3.63, 3.8) is 0 Å². The van der Waals surface area contributed by atoms with E-state index in [1.54, 1.807) is 44.2 Å². The fraction of sp³-hybridized carbons (Fsp3) is 0.438. The van der Waals surface area contributed by atoms with Gasteiger partial charge in [0.1, 0.15) is 6.29 Å². The van der Waals surface area contributed by atoms with Gasteiger partial charge in [-0.05, 0) is 46.8 Å². The predicted octanol–water partition coefficient (Wildman–Crippen LogP) is 2.93. The van der Waals surface area contributed by atoms with Crippen molar-refractivity contribution >= 4 is 16.3 Å². The van der Waals surface area contributed by atoms with Gasteiger partial charge >= 0.3 is 0 Å². The van der Waals surface area contributed by atoms with Gasteiger partial charge in [0.2, 0.25) is 10.0 Å². The summed E-state index contributed by atoms with van der Waals surface area (Å²) in [6, 6.07) is 6.64. The molecule has 0 aliphatic carbocycles. The average Bonchev–Trinajstić information content (AvgIpc) is 2.38. The van der Waals surface area contributed by atoms with Crippen LogP contribution in [-0.2, 0) is 14.8 Å². The highest BCUT2D eigenvalue weighted by atomic mass is 32.2. The Kier molecular flexibility index (Phi) is 5.48. The van der Waals surface area contributed by atoms with Gasteiger partial charge in [-0.2, -0.15) is 4.31 Å². The van der Waals surface area contributed by atoms with E-state index in [4.69, 9.17) is 0 Å². The highest BCUT2D eigenvalue weighted by molar-refractivity contribution is 7.89. The monoisotopic (exact) mass is 309 g/mol. The number of aldehydes is 1. The Morgan fingerprint density at radius 3 is 2.14 bits per heavy atom. The summed E-state index contributed by atoms with van der Waals surface area (Å²) in [6.45, 7) is 9.06. The fourth-order valence-electron chi connectivity index (χ4n) is 1.80. The zero-order valence-corrected chi connectivity index (χ0v) is 14.1. The first-order chi connectivity index (χ1) is 9.61. The SMILES string of the molecule is CC(C)=CCN(C(C)(C)C=O)S(=O)(=O)c1ccc(C)cc1. The van der Waals surface area contributed by atoms with Crippen molar-refractivity contribution in [3.8, 4) is 0 Å². The van der Waals surface area contributed by atoms with E-state index in [0.717, 1.165) is 11.1 Å². The molecule has 0 heterocycles. The van der Waals surface area contributed by atoms with Crippen molar-refractivity contribution in [2.24, 2.45) is 0 Å². The maximum atomic E-state index is 12.8. The molecule has 0 radical (unpaired) electrons. The average molecular weight is 309 g/mol. The van der Waals surface area contributed by atoms with Crippen molar-refractivity contribution in [1.82, 2.24) is 4.31 Å². The van der Waals surface area contributed by atoms with E-state index in [9.17, 15) is 13.2 Å². The Labute approximate surface area is 127 Å². The number of aryl methyl sites for hydroxylation is 1. The molecule has 0 aliphatic heterocycles. The van der Waals surface area contributed by atoms with Crippen molar-refractivity contribution in [2.45, 2.75) is 45.1 Å². The highest BCUT2D eigenvalue weighted by Crippen LogP contribution is 2.24. The van der Waals surface area contributed by atoms with Crippen LogP contribution in [0.2, 0.25) is 0 Å². The molecular formula is C16H23NO3S. The molecular weight excluding hydrogens is 286 g/mol. The molecule has 0 saturated carbocycles. The number of carbonyl (C=O) groups is 1. The summed E-state index contributed by atoms with van der Waals surface area (Å²) >= 11 is 0. The van der Waals surface area contributed by atoms with Crippen molar-refractivity contribution in [1.29, 1.82) is 0 Å². The smallest absolute Gasteiger partial charge is 0.244 e. The standard InChI is InChI=1S/C16H23NO3S/c1-13(2)10-11-17(16(4,5)12-18)21(19,20)15-8-6-14(3)7-9-15/h6-10,12H,11H2,1-5H3. The Balaban J connectivity index is 3.32. The molecule has 0 aromatic heterocycles. The van der Waals surface area contributed by atoms with Crippen LogP contribution in [0.1, 0.15) is 33.3 Å². The lowest BCUT2D eigenvalue weighted by Gasteiger charge is -2.32. The van der Waals surface area contributed by atoms with Crippen molar-refractivity contribution in [2.75, 3.05) is 6.54 Å². The number of rotatable bonds is 6. The minimum atomic E-state index is -3.73. The largest absolute Gasteiger partial charge is 0.301 e. The van der Waals surface area contributed by atoms with E-state index in [0.29, 0.717) is 6.29 Å². The Bertz CT molecular complexity index is 624. The van der Waals surface area contributed by atoms with Gasteiger partial charge in [-0.1, -0.05) is 29.3 Å². The minimum absolute atomic E-state index is 0.171. The Morgan fingerprint density at radius 1 is 1.19 bits per heavy atom. The van der Waals surface area contributed by atoms with Gasteiger partial charge < -0.3 is 4.79 Å². The highest BCUT2D eigenvalue weighted by Gasteiger charge is 2.36. The van der Waals surface area contributed by atoms with Gasteiger partial charge in [0.25, 0.3) is 0 Å². The van der Waals surface area contributed by atoms with Crippen LogP contribution >= 0.6 is 0 Å². The second kappa shape index (κ2) is 6.54. The molecule has 0 bridgehead atoms. The normalized spacial score (nSPS) is 12.3. The predicted molar refractivity (Wildman–Crippen MR) is 84.6 cm³/mol. The summed E-state index contributed by atoms with van der Waals surface area (Å²) in [5.41, 5.74) is 0.885. The molecule has 0 fully saturated rings. The van der Waals surface area contributed by atoms with E-state index >= 15 is 0 Å².